The maximum Gasteiger partial charge on any atom is 0.323 e. The van der Waals surface area contributed by atoms with E-state index in [-0.39, 0.29) is 18.4 Å². The lowest BCUT2D eigenvalue weighted by atomic mass is 10.1. The van der Waals surface area contributed by atoms with Crippen LogP contribution < -0.4 is 5.01 Å². The first-order valence-corrected chi connectivity index (χ1v) is 7.79. The Hall–Kier alpha value is -2.37. The number of hydrogen-bond acceptors (Lipinski definition) is 4. The molecule has 0 bridgehead atoms. The summed E-state index contributed by atoms with van der Waals surface area (Å²) in [5, 5.41) is 15.3. The van der Waals surface area contributed by atoms with Crippen LogP contribution in [-0.2, 0) is 4.79 Å². The highest BCUT2D eigenvalue weighted by molar-refractivity contribution is 5.96. The highest BCUT2D eigenvalue weighted by Crippen LogP contribution is 2.20. The zero-order valence-corrected chi connectivity index (χ0v) is 13.8. The van der Waals surface area contributed by atoms with Crippen LogP contribution in [0.15, 0.2) is 29.4 Å². The largest absolute Gasteiger partial charge is 0.480 e. The smallest absolute Gasteiger partial charge is 0.323 e. The van der Waals surface area contributed by atoms with E-state index in [1.807, 2.05) is 37.9 Å². The van der Waals surface area contributed by atoms with Crippen LogP contribution in [0.5, 0.6) is 0 Å². The fourth-order valence-electron chi connectivity index (χ4n) is 2.54. The van der Waals surface area contributed by atoms with Gasteiger partial charge >= 0.3 is 5.97 Å². The first kappa shape index (κ1) is 17.0. The van der Waals surface area contributed by atoms with Gasteiger partial charge in [-0.25, -0.2) is 0 Å². The highest BCUT2D eigenvalue weighted by Gasteiger charge is 2.20. The van der Waals surface area contributed by atoms with Crippen molar-refractivity contribution in [1.82, 2.24) is 4.90 Å². The van der Waals surface area contributed by atoms with Crippen LogP contribution >= 0.6 is 0 Å². The minimum absolute atomic E-state index is 0.208. The molecule has 124 valence electrons. The predicted octanol–water partition coefficient (Wildman–Crippen LogP) is 2.46. The number of anilines is 1. The van der Waals surface area contributed by atoms with E-state index < -0.39 is 5.97 Å². The number of carbonyl (C=O) groups is 2. The molecule has 23 heavy (non-hydrogen) atoms. The Labute approximate surface area is 136 Å². The molecule has 1 heterocycles. The molecule has 0 fully saturated rings. The molecule has 1 aromatic carbocycles. The van der Waals surface area contributed by atoms with Gasteiger partial charge in [0, 0.05) is 30.8 Å². The lowest BCUT2D eigenvalue weighted by Gasteiger charge is -2.23. The second-order valence-electron chi connectivity index (χ2n) is 6.23. The average Bonchev–Trinajstić information content (AvgIpc) is 2.91. The third-order valence-electron chi connectivity index (χ3n) is 3.59. The number of hydrogen-bond donors (Lipinski definition) is 1. The molecule has 0 spiro atoms. The van der Waals surface area contributed by atoms with Crippen LogP contribution in [0.1, 0.15) is 37.6 Å². The maximum atomic E-state index is 12.5. The Morgan fingerprint density at radius 3 is 2.43 bits per heavy atom. The molecule has 6 heteroatoms. The molecule has 0 atom stereocenters. The highest BCUT2D eigenvalue weighted by atomic mass is 16.4. The fraction of sp³-hybridized carbons (Fsp3) is 0.471. The van der Waals surface area contributed by atoms with Gasteiger partial charge in [-0.3, -0.25) is 14.6 Å². The molecule has 6 nitrogen and oxygen atoms in total. The first-order valence-electron chi connectivity index (χ1n) is 7.79. The topological polar surface area (TPSA) is 73.2 Å². The molecule has 1 N–H and O–H groups in total. The second-order valence-corrected chi connectivity index (χ2v) is 6.23. The van der Waals surface area contributed by atoms with Gasteiger partial charge in [-0.05, 0) is 37.1 Å². The minimum Gasteiger partial charge on any atom is -0.480 e. The van der Waals surface area contributed by atoms with Crippen molar-refractivity contribution in [3.8, 4) is 0 Å². The van der Waals surface area contributed by atoms with Crippen molar-refractivity contribution in [3.63, 3.8) is 0 Å². The minimum atomic E-state index is -1.00. The van der Waals surface area contributed by atoms with Crippen molar-refractivity contribution < 1.29 is 14.7 Å². The normalized spacial score (nSPS) is 14.1. The molecule has 1 aliphatic heterocycles. The van der Waals surface area contributed by atoms with Gasteiger partial charge in [-0.15, -0.1) is 0 Å². The van der Waals surface area contributed by atoms with Crippen molar-refractivity contribution >= 4 is 23.3 Å². The van der Waals surface area contributed by atoms with Gasteiger partial charge in [0.15, 0.2) is 0 Å². The Morgan fingerprint density at radius 2 is 1.96 bits per heavy atom. The van der Waals surface area contributed by atoms with Crippen molar-refractivity contribution in [3.05, 3.63) is 29.8 Å². The molecule has 2 rings (SSSR count). The number of hydrazone groups is 1. The standard InChI is InChI=1S/C17H23N3O3/c1-12(2)10-19(11-16(21)22)17(23)14-4-6-15(7-5-14)20-9-8-13(3)18-20/h4-7,12H,8-11H2,1-3H3,(H,21,22). The zero-order chi connectivity index (χ0) is 17.0. The first-order chi connectivity index (χ1) is 10.9. The van der Waals surface area contributed by atoms with Crippen LogP contribution in [0.3, 0.4) is 0 Å². The van der Waals surface area contributed by atoms with Gasteiger partial charge in [0.1, 0.15) is 6.54 Å². The summed E-state index contributed by atoms with van der Waals surface area (Å²) in [5.74, 6) is -1.05. The third kappa shape index (κ3) is 4.55. The van der Waals surface area contributed by atoms with Gasteiger partial charge in [-0.2, -0.15) is 5.10 Å². The summed E-state index contributed by atoms with van der Waals surface area (Å²) in [6.07, 6.45) is 0.946. The Morgan fingerprint density at radius 1 is 1.30 bits per heavy atom. The van der Waals surface area contributed by atoms with Crippen molar-refractivity contribution in [2.45, 2.75) is 27.2 Å². The summed E-state index contributed by atoms with van der Waals surface area (Å²) in [5.41, 5.74) is 2.53. The van der Waals surface area contributed by atoms with E-state index in [4.69, 9.17) is 5.11 Å². The number of benzene rings is 1. The van der Waals surface area contributed by atoms with Gasteiger partial charge in [0.2, 0.25) is 0 Å². The number of carboxylic acids is 1. The molecule has 1 aliphatic rings. The molecule has 1 aromatic rings. The van der Waals surface area contributed by atoms with E-state index in [9.17, 15) is 9.59 Å². The van der Waals surface area contributed by atoms with Crippen LogP contribution in [0.25, 0.3) is 0 Å². The number of rotatable bonds is 6. The van der Waals surface area contributed by atoms with E-state index in [1.54, 1.807) is 12.1 Å². The molecule has 0 aromatic heterocycles. The molecular weight excluding hydrogens is 294 g/mol. The summed E-state index contributed by atoms with van der Waals surface area (Å²) >= 11 is 0. The summed E-state index contributed by atoms with van der Waals surface area (Å²) in [7, 11) is 0. The van der Waals surface area contributed by atoms with E-state index in [0.717, 1.165) is 24.4 Å². The Kier molecular flexibility index (Phi) is 5.36. The molecule has 0 aliphatic carbocycles. The molecular formula is C17H23N3O3. The fourth-order valence-corrected chi connectivity index (χ4v) is 2.54. The summed E-state index contributed by atoms with van der Waals surface area (Å²) in [4.78, 5) is 24.9. The molecule has 0 saturated carbocycles. The number of amides is 1. The molecule has 0 unspecified atom stereocenters. The number of carbonyl (C=O) groups excluding carboxylic acids is 1. The third-order valence-corrected chi connectivity index (χ3v) is 3.59. The van der Waals surface area contributed by atoms with E-state index in [0.29, 0.717) is 12.1 Å². The Balaban J connectivity index is 2.12. The summed E-state index contributed by atoms with van der Waals surface area (Å²) in [6, 6.07) is 7.17. The molecule has 0 radical (unpaired) electrons. The van der Waals surface area contributed by atoms with Crippen LogP contribution in [0.2, 0.25) is 0 Å². The maximum absolute atomic E-state index is 12.5. The zero-order valence-electron chi connectivity index (χ0n) is 13.8. The van der Waals surface area contributed by atoms with Gasteiger partial charge in [0.25, 0.3) is 5.91 Å². The van der Waals surface area contributed by atoms with Crippen molar-refractivity contribution in [2.75, 3.05) is 24.6 Å². The molecule has 0 saturated heterocycles. The predicted molar refractivity (Wildman–Crippen MR) is 89.9 cm³/mol. The van der Waals surface area contributed by atoms with Crippen molar-refractivity contribution in [1.29, 1.82) is 0 Å². The number of aliphatic carboxylic acids is 1. The van der Waals surface area contributed by atoms with E-state index in [1.165, 1.54) is 4.90 Å². The van der Waals surface area contributed by atoms with Crippen molar-refractivity contribution in [2.24, 2.45) is 11.0 Å². The number of carboxylic acid groups (broad SMARTS) is 1. The quantitative estimate of drug-likeness (QED) is 0.874. The lowest BCUT2D eigenvalue weighted by molar-refractivity contribution is -0.137. The monoisotopic (exact) mass is 317 g/mol. The second kappa shape index (κ2) is 7.26. The van der Waals surface area contributed by atoms with Crippen LogP contribution in [0, 0.1) is 5.92 Å². The SMILES string of the molecule is CC1=NN(c2ccc(C(=O)N(CC(=O)O)CC(C)C)cc2)CC1. The van der Waals surface area contributed by atoms with Crippen LogP contribution in [-0.4, -0.2) is 47.2 Å². The summed E-state index contributed by atoms with van der Waals surface area (Å²) in [6.45, 7) is 6.89. The lowest BCUT2D eigenvalue weighted by Crippen LogP contribution is -2.38. The van der Waals surface area contributed by atoms with Gasteiger partial charge < -0.3 is 10.0 Å². The Bertz CT molecular complexity index is 608. The summed E-state index contributed by atoms with van der Waals surface area (Å²) < 4.78 is 0. The van der Waals surface area contributed by atoms with E-state index in [2.05, 4.69) is 5.10 Å². The molecule has 1 amide bonds. The average molecular weight is 317 g/mol. The van der Waals surface area contributed by atoms with Crippen LogP contribution in [0.4, 0.5) is 5.69 Å². The van der Waals surface area contributed by atoms with Gasteiger partial charge in [0.05, 0.1) is 5.69 Å². The number of nitrogens with zero attached hydrogens (tertiary/aromatic N) is 3. The van der Waals surface area contributed by atoms with E-state index >= 15 is 0 Å². The van der Waals surface area contributed by atoms with Gasteiger partial charge in [-0.1, -0.05) is 13.8 Å².